The summed E-state index contributed by atoms with van der Waals surface area (Å²) in [5.41, 5.74) is 2.27. The number of nitrogens with zero attached hydrogens (tertiary/aromatic N) is 2. The molecule has 4 nitrogen and oxygen atoms in total. The van der Waals surface area contributed by atoms with Crippen LogP contribution < -0.4 is 5.32 Å². The Morgan fingerprint density at radius 3 is 2.41 bits per heavy atom. The summed E-state index contributed by atoms with van der Waals surface area (Å²) in [5.74, 6) is 0. The number of imidazole rings is 1. The van der Waals surface area contributed by atoms with Crippen molar-refractivity contribution in [3.05, 3.63) is 17.7 Å². The largest absolute Gasteiger partial charge is 0.348 e. The van der Waals surface area contributed by atoms with Gasteiger partial charge in [0.15, 0.2) is 0 Å². The molecule has 1 aromatic rings. The van der Waals surface area contributed by atoms with Crippen LogP contribution in [0.15, 0.2) is 6.33 Å². The molecule has 1 heterocycles. The zero-order valence-electron chi connectivity index (χ0n) is 11.7. The second-order valence-electron chi connectivity index (χ2n) is 5.08. The number of aryl methyl sites for hydroxylation is 1. The monoisotopic (exact) mass is 238 g/mol. The number of nitrogens with one attached hydrogen (secondary N) is 2. The van der Waals surface area contributed by atoms with E-state index in [2.05, 4.69) is 54.8 Å². The zero-order valence-corrected chi connectivity index (χ0v) is 11.7. The van der Waals surface area contributed by atoms with Crippen LogP contribution in [0.2, 0.25) is 0 Å². The lowest BCUT2D eigenvalue weighted by atomic mass is 10.2. The van der Waals surface area contributed by atoms with Crippen molar-refractivity contribution in [3.63, 3.8) is 0 Å². The van der Waals surface area contributed by atoms with Crippen LogP contribution in [-0.4, -0.2) is 40.0 Å². The standard InChI is InChI=1S/C13H26N4/c1-10(2)17(11(3)4)7-6-14-8-13-12(5)15-9-16-13/h9-11,14H,6-8H2,1-5H3,(H,15,16). The van der Waals surface area contributed by atoms with E-state index in [1.165, 1.54) is 0 Å². The third-order valence-electron chi connectivity index (χ3n) is 3.10. The molecule has 17 heavy (non-hydrogen) atoms. The molecule has 2 N–H and O–H groups in total. The highest BCUT2D eigenvalue weighted by molar-refractivity contribution is 5.07. The molecule has 0 bridgehead atoms. The Morgan fingerprint density at radius 1 is 1.29 bits per heavy atom. The highest BCUT2D eigenvalue weighted by Gasteiger charge is 2.12. The normalized spacial score (nSPS) is 12.0. The van der Waals surface area contributed by atoms with E-state index < -0.39 is 0 Å². The lowest BCUT2D eigenvalue weighted by Gasteiger charge is -2.30. The highest BCUT2D eigenvalue weighted by Crippen LogP contribution is 2.04. The molecule has 0 aliphatic carbocycles. The average molecular weight is 238 g/mol. The van der Waals surface area contributed by atoms with Gasteiger partial charge in [0, 0.05) is 37.4 Å². The van der Waals surface area contributed by atoms with Crippen LogP contribution in [0.1, 0.15) is 39.1 Å². The van der Waals surface area contributed by atoms with Gasteiger partial charge in [-0.2, -0.15) is 0 Å². The zero-order chi connectivity index (χ0) is 12.8. The van der Waals surface area contributed by atoms with Crippen LogP contribution in [0, 0.1) is 6.92 Å². The number of rotatable bonds is 7. The fourth-order valence-electron chi connectivity index (χ4n) is 2.09. The molecule has 0 aliphatic rings. The fraction of sp³-hybridized carbons (Fsp3) is 0.769. The molecule has 98 valence electrons. The van der Waals surface area contributed by atoms with Gasteiger partial charge in [-0.15, -0.1) is 0 Å². The number of H-pyrrole nitrogens is 1. The van der Waals surface area contributed by atoms with Crippen molar-refractivity contribution in [1.82, 2.24) is 20.2 Å². The number of aromatic nitrogens is 2. The number of hydrogen-bond acceptors (Lipinski definition) is 3. The maximum absolute atomic E-state index is 4.27. The molecule has 1 aromatic heterocycles. The minimum Gasteiger partial charge on any atom is -0.348 e. The van der Waals surface area contributed by atoms with Gasteiger partial charge in [-0.05, 0) is 34.6 Å². The second kappa shape index (κ2) is 6.77. The SMILES string of the molecule is Cc1[nH]cnc1CNCCN(C(C)C)C(C)C. The van der Waals surface area contributed by atoms with Crippen LogP contribution in [0.25, 0.3) is 0 Å². The summed E-state index contributed by atoms with van der Waals surface area (Å²) in [5, 5.41) is 3.44. The second-order valence-corrected chi connectivity index (χ2v) is 5.08. The highest BCUT2D eigenvalue weighted by atomic mass is 15.2. The van der Waals surface area contributed by atoms with Crippen molar-refractivity contribution in [2.24, 2.45) is 0 Å². The minimum atomic E-state index is 0.601. The lowest BCUT2D eigenvalue weighted by molar-refractivity contribution is 0.175. The molecule has 0 aliphatic heterocycles. The molecule has 0 aromatic carbocycles. The summed E-state index contributed by atoms with van der Waals surface area (Å²) < 4.78 is 0. The van der Waals surface area contributed by atoms with Gasteiger partial charge in [0.2, 0.25) is 0 Å². The maximum Gasteiger partial charge on any atom is 0.0925 e. The van der Waals surface area contributed by atoms with E-state index >= 15 is 0 Å². The Kier molecular flexibility index (Phi) is 5.65. The molecule has 0 radical (unpaired) electrons. The quantitative estimate of drug-likeness (QED) is 0.713. The van der Waals surface area contributed by atoms with Crippen molar-refractivity contribution >= 4 is 0 Å². The third-order valence-corrected chi connectivity index (χ3v) is 3.10. The van der Waals surface area contributed by atoms with Gasteiger partial charge in [0.05, 0.1) is 12.0 Å². The van der Waals surface area contributed by atoms with Crippen molar-refractivity contribution in [1.29, 1.82) is 0 Å². The predicted molar refractivity (Wildman–Crippen MR) is 72.0 cm³/mol. The topological polar surface area (TPSA) is 44.0 Å². The molecule has 4 heteroatoms. The van der Waals surface area contributed by atoms with Gasteiger partial charge in [-0.1, -0.05) is 0 Å². The van der Waals surface area contributed by atoms with E-state index in [-0.39, 0.29) is 0 Å². The number of hydrogen-bond donors (Lipinski definition) is 2. The van der Waals surface area contributed by atoms with Crippen LogP contribution in [-0.2, 0) is 6.54 Å². The van der Waals surface area contributed by atoms with E-state index in [4.69, 9.17) is 0 Å². The van der Waals surface area contributed by atoms with Crippen molar-refractivity contribution in [2.45, 2.75) is 53.2 Å². The van der Waals surface area contributed by atoms with Crippen LogP contribution >= 0.6 is 0 Å². The molecule has 0 spiro atoms. The van der Waals surface area contributed by atoms with Gasteiger partial charge in [-0.25, -0.2) is 4.98 Å². The molecule has 0 saturated heterocycles. The van der Waals surface area contributed by atoms with E-state index in [0.29, 0.717) is 12.1 Å². The fourth-order valence-corrected chi connectivity index (χ4v) is 2.09. The molecule has 1 rings (SSSR count). The van der Waals surface area contributed by atoms with Gasteiger partial charge >= 0.3 is 0 Å². The Labute approximate surface area is 105 Å². The first kappa shape index (κ1) is 14.2. The first-order valence-electron chi connectivity index (χ1n) is 6.47. The lowest BCUT2D eigenvalue weighted by Crippen LogP contribution is -2.41. The molecule has 0 amide bonds. The molecular formula is C13H26N4. The van der Waals surface area contributed by atoms with Crippen LogP contribution in [0.4, 0.5) is 0 Å². The smallest absolute Gasteiger partial charge is 0.0925 e. The van der Waals surface area contributed by atoms with Crippen molar-refractivity contribution < 1.29 is 0 Å². The maximum atomic E-state index is 4.27. The molecule has 0 saturated carbocycles. The van der Waals surface area contributed by atoms with Gasteiger partial charge in [-0.3, -0.25) is 4.90 Å². The number of aromatic amines is 1. The third kappa shape index (κ3) is 4.48. The first-order chi connectivity index (χ1) is 8.02. The van der Waals surface area contributed by atoms with Gasteiger partial charge < -0.3 is 10.3 Å². The van der Waals surface area contributed by atoms with E-state index in [0.717, 1.165) is 31.0 Å². The summed E-state index contributed by atoms with van der Waals surface area (Å²) in [4.78, 5) is 9.85. The Morgan fingerprint density at radius 2 is 1.94 bits per heavy atom. The minimum absolute atomic E-state index is 0.601. The molecule has 0 atom stereocenters. The Hall–Kier alpha value is -0.870. The summed E-state index contributed by atoms with van der Waals surface area (Å²) >= 11 is 0. The summed E-state index contributed by atoms with van der Waals surface area (Å²) in [6, 6.07) is 1.20. The summed E-state index contributed by atoms with van der Waals surface area (Å²) in [6.45, 7) is 14.0. The van der Waals surface area contributed by atoms with Gasteiger partial charge in [0.25, 0.3) is 0 Å². The van der Waals surface area contributed by atoms with Crippen molar-refractivity contribution in [2.75, 3.05) is 13.1 Å². The Balaban J connectivity index is 2.25. The first-order valence-corrected chi connectivity index (χ1v) is 6.47. The van der Waals surface area contributed by atoms with Crippen LogP contribution in [0.3, 0.4) is 0 Å². The Bertz CT molecular complexity index is 309. The van der Waals surface area contributed by atoms with E-state index in [9.17, 15) is 0 Å². The predicted octanol–water partition coefficient (Wildman–Crippen LogP) is 1.93. The molecular weight excluding hydrogens is 212 g/mol. The van der Waals surface area contributed by atoms with E-state index in [1.807, 2.05) is 0 Å². The van der Waals surface area contributed by atoms with Gasteiger partial charge in [0.1, 0.15) is 0 Å². The molecule has 0 fully saturated rings. The van der Waals surface area contributed by atoms with Crippen molar-refractivity contribution in [3.8, 4) is 0 Å². The average Bonchev–Trinajstić information content (AvgIpc) is 2.63. The summed E-state index contributed by atoms with van der Waals surface area (Å²) in [6.07, 6.45) is 1.75. The van der Waals surface area contributed by atoms with Crippen LogP contribution in [0.5, 0.6) is 0 Å². The molecule has 0 unspecified atom stereocenters. The van der Waals surface area contributed by atoms with E-state index in [1.54, 1.807) is 6.33 Å². The summed E-state index contributed by atoms with van der Waals surface area (Å²) in [7, 11) is 0.